The highest BCUT2D eigenvalue weighted by atomic mass is 32.2. The van der Waals surface area contributed by atoms with Crippen molar-refractivity contribution in [3.63, 3.8) is 0 Å². The van der Waals surface area contributed by atoms with Crippen LogP contribution in [-0.2, 0) is 10.8 Å². The minimum Gasteiger partial charge on any atom is -0.374 e. The van der Waals surface area contributed by atoms with E-state index in [-0.39, 0.29) is 11.7 Å². The van der Waals surface area contributed by atoms with E-state index in [1.54, 1.807) is 0 Å². The summed E-state index contributed by atoms with van der Waals surface area (Å²) in [5.74, 6) is -1.01. The van der Waals surface area contributed by atoms with Gasteiger partial charge < -0.3 is 5.32 Å². The number of hydrogen-bond acceptors (Lipinski definition) is 4. The van der Waals surface area contributed by atoms with E-state index in [0.717, 1.165) is 0 Å². The molecule has 1 fully saturated rings. The van der Waals surface area contributed by atoms with Crippen LogP contribution in [0.5, 0.6) is 0 Å². The molecule has 1 N–H and O–H groups in total. The number of nitro benzene ring substituents is 1. The zero-order valence-electron chi connectivity index (χ0n) is 9.90. The first kappa shape index (κ1) is 13.9. The Morgan fingerprint density at radius 1 is 1.32 bits per heavy atom. The van der Waals surface area contributed by atoms with Crippen molar-refractivity contribution in [3.8, 4) is 0 Å². The molecule has 0 aromatic heterocycles. The molecular formula is C11H12F2N2O3S. The van der Waals surface area contributed by atoms with E-state index in [1.807, 2.05) is 0 Å². The minimum atomic E-state index is -0.988. The lowest BCUT2D eigenvalue weighted by Crippen LogP contribution is -2.30. The van der Waals surface area contributed by atoms with E-state index >= 15 is 0 Å². The zero-order chi connectivity index (χ0) is 14.0. The van der Waals surface area contributed by atoms with Gasteiger partial charge in [0, 0.05) is 34.4 Å². The van der Waals surface area contributed by atoms with E-state index in [4.69, 9.17) is 0 Å². The van der Waals surface area contributed by atoms with Gasteiger partial charge in [-0.05, 0) is 12.8 Å². The molecule has 0 spiro atoms. The summed E-state index contributed by atoms with van der Waals surface area (Å²) in [6.45, 7) is 0. The molecule has 1 saturated heterocycles. The molecule has 5 nitrogen and oxygen atoms in total. The number of anilines is 1. The van der Waals surface area contributed by atoms with Crippen LogP contribution in [0, 0.1) is 21.7 Å². The van der Waals surface area contributed by atoms with Crippen LogP contribution in [0.2, 0.25) is 0 Å². The standard InChI is InChI=1S/C11H12F2N2O3S/c12-7-5-9(13)11(10(6-7)15(16)17)14-8-1-3-19(18)4-2-8/h5-6,8,14H,1-4H2. The second-order valence-electron chi connectivity index (χ2n) is 4.31. The van der Waals surface area contributed by atoms with Crippen LogP contribution in [0.4, 0.5) is 20.2 Å². The molecule has 2 rings (SSSR count). The lowest BCUT2D eigenvalue weighted by molar-refractivity contribution is -0.384. The van der Waals surface area contributed by atoms with Gasteiger partial charge >= 0.3 is 0 Å². The van der Waals surface area contributed by atoms with Gasteiger partial charge in [-0.1, -0.05) is 0 Å². The van der Waals surface area contributed by atoms with Gasteiger partial charge in [0.2, 0.25) is 0 Å². The zero-order valence-corrected chi connectivity index (χ0v) is 10.7. The monoisotopic (exact) mass is 290 g/mol. The summed E-state index contributed by atoms with van der Waals surface area (Å²) in [4.78, 5) is 9.98. The molecule has 104 valence electrons. The minimum absolute atomic E-state index is 0.184. The van der Waals surface area contributed by atoms with Crippen LogP contribution in [0.15, 0.2) is 12.1 Å². The fourth-order valence-corrected chi connectivity index (χ4v) is 3.29. The van der Waals surface area contributed by atoms with Gasteiger partial charge in [-0.2, -0.15) is 0 Å². The van der Waals surface area contributed by atoms with Crippen LogP contribution in [-0.4, -0.2) is 26.7 Å². The molecule has 1 aromatic rings. The Bertz CT molecular complexity index is 529. The molecule has 8 heteroatoms. The number of halogens is 2. The number of rotatable bonds is 3. The summed E-state index contributed by atoms with van der Waals surface area (Å²) in [5.41, 5.74) is -0.923. The highest BCUT2D eigenvalue weighted by molar-refractivity contribution is 7.85. The molecule has 1 aromatic carbocycles. The summed E-state index contributed by atoms with van der Waals surface area (Å²) in [7, 11) is -0.870. The van der Waals surface area contributed by atoms with E-state index in [1.165, 1.54) is 0 Å². The highest BCUT2D eigenvalue weighted by Gasteiger charge is 2.25. The van der Waals surface area contributed by atoms with Crippen LogP contribution < -0.4 is 5.32 Å². The Balaban J connectivity index is 2.24. The maximum Gasteiger partial charge on any atom is 0.298 e. The van der Waals surface area contributed by atoms with Crippen LogP contribution in [0.25, 0.3) is 0 Å². The van der Waals surface area contributed by atoms with Crippen molar-refractivity contribution < 1.29 is 17.9 Å². The van der Waals surface area contributed by atoms with E-state index in [9.17, 15) is 23.1 Å². The third-order valence-electron chi connectivity index (χ3n) is 2.97. The summed E-state index contributed by atoms with van der Waals surface area (Å²) >= 11 is 0. The van der Waals surface area contributed by atoms with E-state index in [2.05, 4.69) is 5.32 Å². The fourth-order valence-electron chi connectivity index (χ4n) is 1.99. The summed E-state index contributed by atoms with van der Waals surface area (Å²) in [6.07, 6.45) is 1.08. The van der Waals surface area contributed by atoms with Gasteiger partial charge in [0.25, 0.3) is 5.69 Å². The molecule has 0 radical (unpaired) electrons. The van der Waals surface area contributed by atoms with Crippen molar-refractivity contribution >= 4 is 22.2 Å². The van der Waals surface area contributed by atoms with Crippen molar-refractivity contribution in [2.45, 2.75) is 18.9 Å². The van der Waals surface area contributed by atoms with Crippen LogP contribution in [0.3, 0.4) is 0 Å². The molecule has 1 aliphatic rings. The molecule has 0 unspecified atom stereocenters. The Kier molecular flexibility index (Phi) is 4.08. The second-order valence-corrected chi connectivity index (χ2v) is 6.00. The van der Waals surface area contributed by atoms with Crippen molar-refractivity contribution in [1.29, 1.82) is 0 Å². The number of nitrogens with one attached hydrogen (secondary N) is 1. The molecule has 0 aliphatic carbocycles. The Morgan fingerprint density at radius 3 is 2.53 bits per heavy atom. The average molecular weight is 290 g/mol. The van der Waals surface area contributed by atoms with Gasteiger partial charge in [0.1, 0.15) is 11.5 Å². The van der Waals surface area contributed by atoms with Gasteiger partial charge in [0.05, 0.1) is 11.0 Å². The molecule has 0 amide bonds. The molecule has 1 aliphatic heterocycles. The quantitative estimate of drug-likeness (QED) is 0.684. The fraction of sp³-hybridized carbons (Fsp3) is 0.455. The van der Waals surface area contributed by atoms with E-state index in [0.29, 0.717) is 36.5 Å². The van der Waals surface area contributed by atoms with Crippen molar-refractivity contribution in [2.24, 2.45) is 0 Å². The van der Waals surface area contributed by atoms with E-state index < -0.39 is 33.0 Å². The first-order valence-corrected chi connectivity index (χ1v) is 7.21. The van der Waals surface area contributed by atoms with Crippen LogP contribution in [0.1, 0.15) is 12.8 Å². The second kappa shape index (κ2) is 5.60. The molecule has 19 heavy (non-hydrogen) atoms. The Morgan fingerprint density at radius 2 is 1.95 bits per heavy atom. The first-order chi connectivity index (χ1) is 8.97. The predicted octanol–water partition coefficient (Wildman–Crippen LogP) is 2.20. The SMILES string of the molecule is O=[N+]([O-])c1cc(F)cc(F)c1NC1CCS(=O)CC1. The lowest BCUT2D eigenvalue weighted by Gasteiger charge is -2.23. The third-order valence-corrected chi connectivity index (χ3v) is 4.35. The molecule has 0 bridgehead atoms. The van der Waals surface area contributed by atoms with Gasteiger partial charge in [-0.25, -0.2) is 8.78 Å². The number of nitro groups is 1. The maximum absolute atomic E-state index is 13.6. The van der Waals surface area contributed by atoms with Gasteiger partial charge in [0.15, 0.2) is 5.82 Å². The Labute approximate surface area is 110 Å². The van der Waals surface area contributed by atoms with Crippen molar-refractivity contribution in [2.75, 3.05) is 16.8 Å². The number of hydrogen-bond donors (Lipinski definition) is 1. The Hall–Kier alpha value is -1.57. The summed E-state index contributed by atoms with van der Waals surface area (Å²) in [5, 5.41) is 13.5. The molecule has 0 atom stereocenters. The largest absolute Gasteiger partial charge is 0.374 e. The number of nitrogens with zero attached hydrogens (tertiary/aromatic N) is 1. The van der Waals surface area contributed by atoms with Crippen molar-refractivity contribution in [1.82, 2.24) is 0 Å². The van der Waals surface area contributed by atoms with Gasteiger partial charge in [-0.15, -0.1) is 0 Å². The summed E-state index contributed by atoms with van der Waals surface area (Å²) in [6, 6.07) is 1.11. The first-order valence-electron chi connectivity index (χ1n) is 5.72. The maximum atomic E-state index is 13.6. The molecular weight excluding hydrogens is 278 g/mol. The lowest BCUT2D eigenvalue weighted by atomic mass is 10.1. The normalized spacial score (nSPS) is 23.1. The molecule has 1 heterocycles. The van der Waals surface area contributed by atoms with Crippen molar-refractivity contribution in [3.05, 3.63) is 33.9 Å². The molecule has 0 saturated carbocycles. The highest BCUT2D eigenvalue weighted by Crippen LogP contribution is 2.30. The third kappa shape index (κ3) is 3.25. The topological polar surface area (TPSA) is 72.2 Å². The van der Waals surface area contributed by atoms with Gasteiger partial charge in [-0.3, -0.25) is 14.3 Å². The predicted molar refractivity (Wildman–Crippen MR) is 67.5 cm³/mol. The number of benzene rings is 1. The van der Waals surface area contributed by atoms with Crippen LogP contribution >= 0.6 is 0 Å². The summed E-state index contributed by atoms with van der Waals surface area (Å²) < 4.78 is 37.8. The smallest absolute Gasteiger partial charge is 0.298 e. The average Bonchev–Trinajstić information content (AvgIpc) is 2.34.